The second-order valence-corrected chi connectivity index (χ2v) is 5.51. The van der Waals surface area contributed by atoms with Crippen LogP contribution < -0.4 is 0 Å². The molecule has 0 saturated heterocycles. The van der Waals surface area contributed by atoms with Crippen LogP contribution in [0.5, 0.6) is 0 Å². The lowest BCUT2D eigenvalue weighted by Crippen LogP contribution is -2.33. The summed E-state index contributed by atoms with van der Waals surface area (Å²) in [7, 11) is 2.14. The van der Waals surface area contributed by atoms with Gasteiger partial charge in [-0.05, 0) is 51.0 Å². The van der Waals surface area contributed by atoms with Crippen molar-refractivity contribution < 1.29 is 5.11 Å². The highest BCUT2D eigenvalue weighted by atomic mass is 16.3. The Bertz CT molecular complexity index is 193. The molecule has 0 aliphatic heterocycles. The van der Waals surface area contributed by atoms with Crippen molar-refractivity contribution in [1.29, 1.82) is 0 Å². The minimum Gasteiger partial charge on any atom is -0.392 e. The average molecular weight is 197 g/mol. The predicted molar refractivity (Wildman–Crippen MR) is 58.1 cm³/mol. The third kappa shape index (κ3) is 2.29. The van der Waals surface area contributed by atoms with Crippen molar-refractivity contribution in [2.45, 2.75) is 38.7 Å². The summed E-state index contributed by atoms with van der Waals surface area (Å²) < 4.78 is 0. The normalized spacial score (nSPS) is 38.1. The maximum Gasteiger partial charge on any atom is 0.0638 e. The Labute approximate surface area is 87.3 Å². The molecule has 2 aliphatic rings. The number of aliphatic hydroxyl groups is 1. The smallest absolute Gasteiger partial charge is 0.0638 e. The highest BCUT2D eigenvalue weighted by Crippen LogP contribution is 2.48. The van der Waals surface area contributed by atoms with E-state index >= 15 is 0 Å². The molecule has 0 radical (unpaired) electrons. The molecule has 0 aromatic carbocycles. The topological polar surface area (TPSA) is 23.5 Å². The van der Waals surface area contributed by atoms with Gasteiger partial charge in [-0.1, -0.05) is 6.42 Å². The summed E-state index contributed by atoms with van der Waals surface area (Å²) in [5, 5.41) is 9.29. The Kier molecular flexibility index (Phi) is 3.13. The van der Waals surface area contributed by atoms with Crippen LogP contribution in [0, 0.1) is 17.8 Å². The molecule has 2 bridgehead atoms. The molecule has 3 unspecified atom stereocenters. The second-order valence-electron chi connectivity index (χ2n) is 5.51. The molecule has 2 aliphatic carbocycles. The van der Waals surface area contributed by atoms with Crippen molar-refractivity contribution in [1.82, 2.24) is 4.90 Å². The molecule has 82 valence electrons. The predicted octanol–water partition coefficient (Wildman–Crippen LogP) is 1.74. The molecule has 14 heavy (non-hydrogen) atoms. The summed E-state index contributed by atoms with van der Waals surface area (Å²) in [6.45, 7) is 3.90. The molecular weight excluding hydrogens is 174 g/mol. The van der Waals surface area contributed by atoms with E-state index in [0.717, 1.165) is 24.3 Å². The molecule has 2 saturated carbocycles. The summed E-state index contributed by atoms with van der Waals surface area (Å²) in [4.78, 5) is 2.30. The number of likely N-dealkylation sites (N-methyl/N-ethyl adjacent to an activating group) is 1. The highest BCUT2D eigenvalue weighted by Gasteiger charge is 2.39. The van der Waals surface area contributed by atoms with Crippen molar-refractivity contribution in [3.05, 3.63) is 0 Å². The van der Waals surface area contributed by atoms with E-state index in [4.69, 9.17) is 0 Å². The Hall–Kier alpha value is -0.0800. The Morgan fingerprint density at radius 1 is 1.36 bits per heavy atom. The van der Waals surface area contributed by atoms with Crippen LogP contribution in [0.2, 0.25) is 0 Å². The van der Waals surface area contributed by atoms with Gasteiger partial charge in [0.1, 0.15) is 0 Å². The monoisotopic (exact) mass is 197 g/mol. The molecule has 0 heterocycles. The first-order chi connectivity index (χ1) is 6.65. The van der Waals surface area contributed by atoms with Gasteiger partial charge in [0.25, 0.3) is 0 Å². The standard InChI is InChI=1S/C12H23NO/c1-9(14)7-13(2)8-12-6-10-3-4-11(12)5-10/h9-12,14H,3-8H2,1-2H3/t9-,10?,11?,12?/m0/s1. The Morgan fingerprint density at radius 2 is 2.14 bits per heavy atom. The van der Waals surface area contributed by atoms with E-state index in [1.54, 1.807) is 0 Å². The molecule has 0 aromatic rings. The van der Waals surface area contributed by atoms with Crippen LogP contribution >= 0.6 is 0 Å². The highest BCUT2D eigenvalue weighted by molar-refractivity contribution is 4.90. The van der Waals surface area contributed by atoms with Crippen LogP contribution in [0.4, 0.5) is 0 Å². The van der Waals surface area contributed by atoms with Gasteiger partial charge in [-0.2, -0.15) is 0 Å². The number of aliphatic hydroxyl groups excluding tert-OH is 1. The van der Waals surface area contributed by atoms with Gasteiger partial charge in [0.2, 0.25) is 0 Å². The van der Waals surface area contributed by atoms with Gasteiger partial charge in [0.05, 0.1) is 6.10 Å². The van der Waals surface area contributed by atoms with Crippen LogP contribution in [0.1, 0.15) is 32.6 Å². The quantitative estimate of drug-likeness (QED) is 0.742. The number of fused-ring (bicyclic) bond motifs is 2. The molecule has 1 N–H and O–H groups in total. The maximum atomic E-state index is 9.29. The zero-order valence-electron chi connectivity index (χ0n) is 9.45. The lowest BCUT2D eigenvalue weighted by Gasteiger charge is -2.27. The van der Waals surface area contributed by atoms with Crippen LogP contribution in [-0.2, 0) is 0 Å². The van der Waals surface area contributed by atoms with Gasteiger partial charge < -0.3 is 10.0 Å². The van der Waals surface area contributed by atoms with Crippen molar-refractivity contribution >= 4 is 0 Å². The third-order valence-electron chi connectivity index (χ3n) is 4.01. The lowest BCUT2D eigenvalue weighted by molar-refractivity contribution is 0.122. The molecule has 2 heteroatoms. The number of nitrogens with zero attached hydrogens (tertiary/aromatic N) is 1. The van der Waals surface area contributed by atoms with E-state index in [9.17, 15) is 5.11 Å². The zero-order valence-corrected chi connectivity index (χ0v) is 9.45. The average Bonchev–Trinajstić information content (AvgIpc) is 2.62. The van der Waals surface area contributed by atoms with Crippen molar-refractivity contribution in [3.8, 4) is 0 Å². The minimum absolute atomic E-state index is 0.182. The van der Waals surface area contributed by atoms with Crippen molar-refractivity contribution in [2.75, 3.05) is 20.1 Å². The number of hydrogen-bond acceptors (Lipinski definition) is 2. The van der Waals surface area contributed by atoms with Gasteiger partial charge in [-0.15, -0.1) is 0 Å². The number of hydrogen-bond donors (Lipinski definition) is 1. The molecule has 2 nitrogen and oxygen atoms in total. The minimum atomic E-state index is -0.182. The first kappa shape index (κ1) is 10.4. The fourth-order valence-corrected chi connectivity index (χ4v) is 3.53. The fraction of sp³-hybridized carbons (Fsp3) is 1.00. The van der Waals surface area contributed by atoms with Crippen LogP contribution in [0.15, 0.2) is 0 Å². The molecule has 0 amide bonds. The van der Waals surface area contributed by atoms with Gasteiger partial charge in [-0.25, -0.2) is 0 Å². The zero-order chi connectivity index (χ0) is 10.1. The molecule has 0 aromatic heterocycles. The van der Waals surface area contributed by atoms with E-state index in [1.165, 1.54) is 32.2 Å². The van der Waals surface area contributed by atoms with Crippen LogP contribution in [0.3, 0.4) is 0 Å². The Morgan fingerprint density at radius 3 is 2.64 bits per heavy atom. The van der Waals surface area contributed by atoms with E-state index < -0.39 is 0 Å². The first-order valence-corrected chi connectivity index (χ1v) is 6.01. The molecule has 4 atom stereocenters. The molecular formula is C12H23NO. The summed E-state index contributed by atoms with van der Waals surface area (Å²) in [6.07, 6.45) is 5.72. The summed E-state index contributed by atoms with van der Waals surface area (Å²) in [6, 6.07) is 0. The SMILES string of the molecule is C[C@H](O)CN(C)CC1CC2CCC1C2. The second kappa shape index (κ2) is 4.19. The molecule has 2 rings (SSSR count). The largest absolute Gasteiger partial charge is 0.392 e. The van der Waals surface area contributed by atoms with Gasteiger partial charge in [-0.3, -0.25) is 0 Å². The lowest BCUT2D eigenvalue weighted by atomic mass is 9.88. The first-order valence-electron chi connectivity index (χ1n) is 6.01. The molecule has 0 spiro atoms. The van der Waals surface area contributed by atoms with Crippen molar-refractivity contribution in [2.24, 2.45) is 17.8 Å². The summed E-state index contributed by atoms with van der Waals surface area (Å²) in [5.74, 6) is 2.99. The van der Waals surface area contributed by atoms with Crippen LogP contribution in [-0.4, -0.2) is 36.2 Å². The molecule has 2 fully saturated rings. The van der Waals surface area contributed by atoms with E-state index in [-0.39, 0.29) is 6.10 Å². The third-order valence-corrected chi connectivity index (χ3v) is 4.01. The van der Waals surface area contributed by atoms with Gasteiger partial charge in [0, 0.05) is 13.1 Å². The Balaban J connectivity index is 1.75. The van der Waals surface area contributed by atoms with E-state index in [2.05, 4.69) is 11.9 Å². The summed E-state index contributed by atoms with van der Waals surface area (Å²) in [5.41, 5.74) is 0. The fourth-order valence-electron chi connectivity index (χ4n) is 3.53. The van der Waals surface area contributed by atoms with Crippen molar-refractivity contribution in [3.63, 3.8) is 0 Å². The number of rotatable bonds is 4. The van der Waals surface area contributed by atoms with Gasteiger partial charge in [0.15, 0.2) is 0 Å². The maximum absolute atomic E-state index is 9.29. The van der Waals surface area contributed by atoms with Crippen LogP contribution in [0.25, 0.3) is 0 Å². The van der Waals surface area contributed by atoms with E-state index in [0.29, 0.717) is 0 Å². The van der Waals surface area contributed by atoms with E-state index in [1.807, 2.05) is 6.92 Å². The van der Waals surface area contributed by atoms with Gasteiger partial charge >= 0.3 is 0 Å². The summed E-state index contributed by atoms with van der Waals surface area (Å²) >= 11 is 0.